The smallest absolute Gasteiger partial charge is 0.229 e. The number of amides is 2. The van der Waals surface area contributed by atoms with Gasteiger partial charge in [-0.1, -0.05) is 30.2 Å². The van der Waals surface area contributed by atoms with Crippen molar-refractivity contribution < 1.29 is 14.0 Å². The number of hydrogen-bond donors (Lipinski definition) is 1. The predicted molar refractivity (Wildman–Crippen MR) is 137 cm³/mol. The first kappa shape index (κ1) is 22.7. The average molecular weight is 503 g/mol. The summed E-state index contributed by atoms with van der Waals surface area (Å²) in [4.78, 5) is 27.9. The number of carbonyl (C=O) groups is 2. The number of rotatable bonds is 5. The molecule has 4 aromatic rings. The summed E-state index contributed by atoms with van der Waals surface area (Å²) in [5.74, 6) is -0.327. The van der Waals surface area contributed by atoms with Crippen molar-refractivity contribution in [3.8, 4) is 5.69 Å². The molecule has 2 amide bonds. The Hall–Kier alpha value is -3.71. The van der Waals surface area contributed by atoms with E-state index >= 15 is 0 Å². The fourth-order valence-corrected chi connectivity index (χ4v) is 5.37. The van der Waals surface area contributed by atoms with E-state index in [4.69, 9.17) is 11.6 Å². The number of nitrogens with one attached hydrogen (secondary N) is 1. The third kappa shape index (κ3) is 4.03. The van der Waals surface area contributed by atoms with E-state index in [1.54, 1.807) is 34.0 Å². The van der Waals surface area contributed by atoms with Gasteiger partial charge in [-0.25, -0.2) is 9.07 Å². The zero-order valence-corrected chi connectivity index (χ0v) is 20.2. The number of benzene rings is 3. The fraction of sp³-hybridized carbons (Fsp3) is 0.250. The number of nitrogens with zero attached hydrogens (tertiary/aromatic N) is 3. The van der Waals surface area contributed by atoms with E-state index in [2.05, 4.69) is 10.4 Å². The Morgan fingerprint density at radius 1 is 1.03 bits per heavy atom. The first-order valence-electron chi connectivity index (χ1n) is 12.1. The molecule has 1 unspecified atom stereocenters. The lowest BCUT2D eigenvalue weighted by Crippen LogP contribution is -2.44. The van der Waals surface area contributed by atoms with Crippen LogP contribution in [0.1, 0.15) is 37.3 Å². The highest BCUT2D eigenvalue weighted by Crippen LogP contribution is 2.40. The van der Waals surface area contributed by atoms with E-state index in [9.17, 15) is 14.0 Å². The summed E-state index contributed by atoms with van der Waals surface area (Å²) in [6.45, 7) is 0. The largest absolute Gasteiger partial charge is 0.350 e. The molecule has 1 aliphatic heterocycles. The van der Waals surface area contributed by atoms with E-state index in [0.717, 1.165) is 47.1 Å². The molecule has 6 nitrogen and oxygen atoms in total. The third-order valence-corrected chi connectivity index (χ3v) is 7.45. The lowest BCUT2D eigenvalue weighted by molar-refractivity contribution is -0.128. The quantitative estimate of drug-likeness (QED) is 0.387. The van der Waals surface area contributed by atoms with Gasteiger partial charge in [0, 0.05) is 28.4 Å². The molecule has 8 heteroatoms. The van der Waals surface area contributed by atoms with Gasteiger partial charge < -0.3 is 10.2 Å². The minimum absolute atomic E-state index is 0.0176. The molecule has 1 aliphatic carbocycles. The van der Waals surface area contributed by atoms with Gasteiger partial charge in [0.25, 0.3) is 0 Å². The highest BCUT2D eigenvalue weighted by Gasteiger charge is 2.43. The SMILES string of the molecule is O=C(N[C@H]1CC(=O)N(c2ccc3c(cnn3-c3ccc(F)cc3)c2)C1c1cccc(Cl)c1)C1CCC1. The lowest BCUT2D eigenvalue weighted by atomic mass is 9.84. The molecule has 2 atom stereocenters. The molecule has 0 spiro atoms. The highest BCUT2D eigenvalue weighted by molar-refractivity contribution is 6.30. The number of fused-ring (bicyclic) bond motifs is 1. The zero-order chi connectivity index (χ0) is 24.8. The number of anilines is 1. The monoisotopic (exact) mass is 502 g/mol. The number of hydrogen-bond acceptors (Lipinski definition) is 3. The topological polar surface area (TPSA) is 67.2 Å². The summed E-state index contributed by atoms with van der Waals surface area (Å²) in [6, 6.07) is 18.6. The molecule has 2 aliphatic rings. The van der Waals surface area contributed by atoms with Gasteiger partial charge in [-0.3, -0.25) is 9.59 Å². The van der Waals surface area contributed by atoms with E-state index in [1.807, 2.05) is 36.4 Å². The van der Waals surface area contributed by atoms with Crippen LogP contribution in [0.25, 0.3) is 16.6 Å². The summed E-state index contributed by atoms with van der Waals surface area (Å²) in [6.07, 6.45) is 4.80. The van der Waals surface area contributed by atoms with Crippen LogP contribution in [-0.4, -0.2) is 27.6 Å². The zero-order valence-electron chi connectivity index (χ0n) is 19.4. The van der Waals surface area contributed by atoms with E-state index in [1.165, 1.54) is 12.1 Å². The van der Waals surface area contributed by atoms with Gasteiger partial charge in [0.1, 0.15) is 5.82 Å². The summed E-state index contributed by atoms with van der Waals surface area (Å²) in [5, 5.41) is 9.05. The van der Waals surface area contributed by atoms with Crippen molar-refractivity contribution in [1.29, 1.82) is 0 Å². The normalized spacial score (nSPS) is 20.1. The maximum atomic E-state index is 13.4. The highest BCUT2D eigenvalue weighted by atomic mass is 35.5. The molecule has 6 rings (SSSR count). The van der Waals surface area contributed by atoms with Crippen LogP contribution in [0.2, 0.25) is 5.02 Å². The second-order valence-electron chi connectivity index (χ2n) is 9.49. The van der Waals surface area contributed by atoms with E-state index in [0.29, 0.717) is 5.02 Å². The molecule has 2 fully saturated rings. The Balaban J connectivity index is 1.37. The molecule has 3 aromatic carbocycles. The van der Waals surface area contributed by atoms with Crippen LogP contribution in [0, 0.1) is 11.7 Å². The van der Waals surface area contributed by atoms with Gasteiger partial charge in [-0.2, -0.15) is 5.10 Å². The Morgan fingerprint density at radius 3 is 2.53 bits per heavy atom. The Bertz CT molecular complexity index is 1460. The first-order chi connectivity index (χ1) is 17.5. The van der Waals surface area contributed by atoms with E-state index in [-0.39, 0.29) is 42.1 Å². The number of aromatic nitrogens is 2. The van der Waals surface area contributed by atoms with E-state index < -0.39 is 0 Å². The Labute approximate surface area is 212 Å². The summed E-state index contributed by atoms with van der Waals surface area (Å²) >= 11 is 6.31. The predicted octanol–water partition coefficient (Wildman–Crippen LogP) is 5.58. The van der Waals surface area contributed by atoms with Crippen LogP contribution in [0.5, 0.6) is 0 Å². The van der Waals surface area contributed by atoms with Crippen LogP contribution >= 0.6 is 11.6 Å². The van der Waals surface area contributed by atoms with Gasteiger partial charge in [-0.05, 0) is 73.0 Å². The molecule has 2 heterocycles. The average Bonchev–Trinajstić information content (AvgIpc) is 3.38. The van der Waals surface area contributed by atoms with Crippen molar-refractivity contribution >= 4 is 40.0 Å². The van der Waals surface area contributed by atoms with Gasteiger partial charge in [0.05, 0.1) is 29.5 Å². The second kappa shape index (κ2) is 9.06. The van der Waals surface area contributed by atoms with Gasteiger partial charge in [0.2, 0.25) is 11.8 Å². The molecule has 1 saturated heterocycles. The molecular formula is C28H24ClFN4O2. The maximum absolute atomic E-state index is 13.4. The molecule has 36 heavy (non-hydrogen) atoms. The first-order valence-corrected chi connectivity index (χ1v) is 12.5. The molecule has 1 saturated carbocycles. The van der Waals surface area contributed by atoms with Gasteiger partial charge >= 0.3 is 0 Å². The van der Waals surface area contributed by atoms with Crippen LogP contribution in [-0.2, 0) is 9.59 Å². The number of carbonyl (C=O) groups excluding carboxylic acids is 2. The van der Waals surface area contributed by atoms with Crippen molar-refractivity contribution in [1.82, 2.24) is 15.1 Å². The number of halogens is 2. The van der Waals surface area contributed by atoms with Crippen molar-refractivity contribution in [2.24, 2.45) is 5.92 Å². The second-order valence-corrected chi connectivity index (χ2v) is 9.92. The van der Waals surface area contributed by atoms with Gasteiger partial charge in [-0.15, -0.1) is 0 Å². The fourth-order valence-electron chi connectivity index (χ4n) is 5.17. The van der Waals surface area contributed by atoms with Crippen LogP contribution in [0.15, 0.2) is 72.9 Å². The maximum Gasteiger partial charge on any atom is 0.229 e. The molecule has 0 bridgehead atoms. The molecule has 0 radical (unpaired) electrons. The summed E-state index contributed by atoms with van der Waals surface area (Å²) in [5.41, 5.74) is 3.17. The van der Waals surface area contributed by atoms with Crippen molar-refractivity contribution in [2.45, 2.75) is 37.8 Å². The summed E-state index contributed by atoms with van der Waals surface area (Å²) in [7, 11) is 0. The van der Waals surface area contributed by atoms with Gasteiger partial charge in [0.15, 0.2) is 0 Å². The third-order valence-electron chi connectivity index (χ3n) is 7.22. The van der Waals surface area contributed by atoms with Crippen molar-refractivity contribution in [3.63, 3.8) is 0 Å². The Morgan fingerprint density at radius 2 is 1.81 bits per heavy atom. The van der Waals surface area contributed by atoms with Crippen LogP contribution < -0.4 is 10.2 Å². The molecule has 182 valence electrons. The molecule has 1 N–H and O–H groups in total. The minimum atomic E-state index is -0.384. The lowest BCUT2D eigenvalue weighted by Gasteiger charge is -2.31. The van der Waals surface area contributed by atoms with Crippen LogP contribution in [0.4, 0.5) is 10.1 Å². The standard InChI is InChI=1S/C28H24ClFN4O2/c29-20-6-2-5-18(13-20)27-24(32-28(36)17-3-1-4-17)15-26(35)33(27)23-11-12-25-19(14-23)16-31-34(25)22-9-7-21(30)8-10-22/h2,5-14,16-17,24,27H,1,3-4,15H2,(H,32,36)/t24-,27?/m0/s1. The van der Waals surface area contributed by atoms with Crippen molar-refractivity contribution in [2.75, 3.05) is 4.90 Å². The molecular weight excluding hydrogens is 479 g/mol. The Kier molecular flexibility index (Phi) is 5.72. The summed E-state index contributed by atoms with van der Waals surface area (Å²) < 4.78 is 15.1. The van der Waals surface area contributed by atoms with Crippen molar-refractivity contribution in [3.05, 3.63) is 89.3 Å². The molecule has 1 aromatic heterocycles. The minimum Gasteiger partial charge on any atom is -0.350 e. The van der Waals surface area contributed by atoms with Crippen LogP contribution in [0.3, 0.4) is 0 Å².